The molecule has 0 saturated carbocycles. The Morgan fingerprint density at radius 2 is 2.11 bits per heavy atom. The van der Waals surface area contributed by atoms with Crippen molar-refractivity contribution in [3.8, 4) is 0 Å². The van der Waals surface area contributed by atoms with Gasteiger partial charge in [-0.05, 0) is 12.1 Å². The van der Waals surface area contributed by atoms with Crippen molar-refractivity contribution in [3.63, 3.8) is 0 Å². The van der Waals surface area contributed by atoms with Crippen molar-refractivity contribution in [2.75, 3.05) is 5.33 Å². The zero-order valence-corrected chi connectivity index (χ0v) is 11.3. The minimum Gasteiger partial charge on any atom is -0.307 e. The van der Waals surface area contributed by atoms with Gasteiger partial charge < -0.3 is 4.40 Å². The summed E-state index contributed by atoms with van der Waals surface area (Å²) in [6.07, 6.45) is 6.86. The fourth-order valence-electron chi connectivity index (χ4n) is 1.86. The summed E-state index contributed by atoms with van der Waals surface area (Å²) in [7, 11) is 0. The molecular formula is C12H12BrN5. The van der Waals surface area contributed by atoms with Crippen molar-refractivity contribution in [2.24, 2.45) is 0 Å². The van der Waals surface area contributed by atoms with Crippen LogP contribution in [-0.2, 0) is 13.0 Å². The van der Waals surface area contributed by atoms with Gasteiger partial charge in [-0.25, -0.2) is 9.67 Å². The van der Waals surface area contributed by atoms with Crippen LogP contribution in [0.4, 0.5) is 0 Å². The Hall–Kier alpha value is -1.69. The van der Waals surface area contributed by atoms with Crippen LogP contribution in [0.25, 0.3) is 5.65 Å². The number of pyridine rings is 1. The molecule has 0 aliphatic rings. The highest BCUT2D eigenvalue weighted by atomic mass is 79.9. The lowest BCUT2D eigenvalue weighted by atomic mass is 10.4. The van der Waals surface area contributed by atoms with Crippen molar-refractivity contribution in [2.45, 2.75) is 13.0 Å². The van der Waals surface area contributed by atoms with Crippen molar-refractivity contribution >= 4 is 21.6 Å². The minimum atomic E-state index is 0.650. The van der Waals surface area contributed by atoms with Crippen LogP contribution in [0.3, 0.4) is 0 Å². The third-order valence-electron chi connectivity index (χ3n) is 2.67. The number of aryl methyl sites for hydroxylation is 1. The molecule has 3 heterocycles. The Bertz CT molecular complexity index is 624. The van der Waals surface area contributed by atoms with Crippen LogP contribution >= 0.6 is 15.9 Å². The van der Waals surface area contributed by atoms with E-state index in [9.17, 15) is 0 Å². The van der Waals surface area contributed by atoms with Gasteiger partial charge in [0.1, 0.15) is 5.65 Å². The first-order valence-corrected chi connectivity index (χ1v) is 6.85. The smallest absolute Gasteiger partial charge is 0.137 e. The standard InChI is InChI=1S/C12H12BrN5/c13-5-4-10-8-18(16-15-10)9-11-7-17-6-2-1-3-12(17)14-11/h1-3,6-8H,4-5,9H2. The van der Waals surface area contributed by atoms with E-state index in [1.165, 1.54) is 0 Å². The molecule has 0 N–H and O–H groups in total. The van der Waals surface area contributed by atoms with Crippen molar-refractivity contribution in [1.29, 1.82) is 0 Å². The van der Waals surface area contributed by atoms with Gasteiger partial charge in [0.25, 0.3) is 0 Å². The zero-order chi connectivity index (χ0) is 12.4. The molecule has 0 aromatic carbocycles. The van der Waals surface area contributed by atoms with Crippen LogP contribution in [0.2, 0.25) is 0 Å². The molecule has 0 bridgehead atoms. The summed E-state index contributed by atoms with van der Waals surface area (Å²) in [5.74, 6) is 0. The van der Waals surface area contributed by atoms with Gasteiger partial charge in [-0.1, -0.05) is 27.2 Å². The molecule has 0 fully saturated rings. The number of hydrogen-bond donors (Lipinski definition) is 0. The lowest BCUT2D eigenvalue weighted by Gasteiger charge is -1.94. The first kappa shape index (κ1) is 11.4. The molecule has 5 nitrogen and oxygen atoms in total. The molecule has 3 aromatic heterocycles. The van der Waals surface area contributed by atoms with Crippen molar-refractivity contribution in [1.82, 2.24) is 24.4 Å². The van der Waals surface area contributed by atoms with Gasteiger partial charge in [0.15, 0.2) is 0 Å². The van der Waals surface area contributed by atoms with E-state index in [1.807, 2.05) is 45.9 Å². The SMILES string of the molecule is BrCCc1cn(Cc2cn3ccccc3n2)nn1. The van der Waals surface area contributed by atoms with Crippen molar-refractivity contribution in [3.05, 3.63) is 48.2 Å². The monoisotopic (exact) mass is 305 g/mol. The number of hydrogen-bond acceptors (Lipinski definition) is 3. The van der Waals surface area contributed by atoms with Gasteiger partial charge >= 0.3 is 0 Å². The maximum Gasteiger partial charge on any atom is 0.137 e. The van der Waals surface area contributed by atoms with E-state index in [0.717, 1.165) is 28.8 Å². The van der Waals surface area contributed by atoms with E-state index in [2.05, 4.69) is 31.2 Å². The molecule has 0 radical (unpaired) electrons. The number of aromatic nitrogens is 5. The molecule has 0 spiro atoms. The second-order valence-electron chi connectivity index (χ2n) is 4.04. The maximum absolute atomic E-state index is 4.53. The molecule has 92 valence electrons. The molecule has 18 heavy (non-hydrogen) atoms. The molecule has 0 saturated heterocycles. The molecule has 0 amide bonds. The first-order valence-electron chi connectivity index (χ1n) is 5.73. The van der Waals surface area contributed by atoms with Gasteiger partial charge in [-0.2, -0.15) is 0 Å². The zero-order valence-electron chi connectivity index (χ0n) is 9.70. The van der Waals surface area contributed by atoms with Crippen LogP contribution in [0.15, 0.2) is 36.8 Å². The summed E-state index contributed by atoms with van der Waals surface area (Å²) in [6, 6.07) is 5.96. The Morgan fingerprint density at radius 3 is 2.94 bits per heavy atom. The molecule has 3 aromatic rings. The fourth-order valence-corrected chi connectivity index (χ4v) is 2.26. The molecule has 0 atom stereocenters. The quantitative estimate of drug-likeness (QED) is 0.692. The van der Waals surface area contributed by atoms with E-state index in [-0.39, 0.29) is 0 Å². The van der Waals surface area contributed by atoms with E-state index in [4.69, 9.17) is 0 Å². The molecule has 0 aliphatic carbocycles. The Morgan fingerprint density at radius 1 is 1.17 bits per heavy atom. The highest BCUT2D eigenvalue weighted by Gasteiger charge is 2.04. The summed E-state index contributed by atoms with van der Waals surface area (Å²) in [4.78, 5) is 4.53. The predicted octanol–water partition coefficient (Wildman–Crippen LogP) is 1.91. The molecule has 3 rings (SSSR count). The lowest BCUT2D eigenvalue weighted by Crippen LogP contribution is -2.00. The maximum atomic E-state index is 4.53. The highest BCUT2D eigenvalue weighted by molar-refractivity contribution is 9.09. The van der Waals surface area contributed by atoms with Gasteiger partial charge in [-0.3, -0.25) is 0 Å². The summed E-state index contributed by atoms with van der Waals surface area (Å²) in [6.45, 7) is 0.650. The number of halogens is 1. The second-order valence-corrected chi connectivity index (χ2v) is 4.84. The van der Waals surface area contributed by atoms with Gasteiger partial charge in [0.2, 0.25) is 0 Å². The van der Waals surface area contributed by atoms with E-state index >= 15 is 0 Å². The van der Waals surface area contributed by atoms with Crippen LogP contribution in [-0.4, -0.2) is 29.7 Å². The normalized spacial score (nSPS) is 11.2. The Balaban J connectivity index is 1.82. The van der Waals surface area contributed by atoms with Crippen LogP contribution in [0, 0.1) is 0 Å². The number of nitrogens with zero attached hydrogens (tertiary/aromatic N) is 5. The summed E-state index contributed by atoms with van der Waals surface area (Å²) < 4.78 is 3.82. The average molecular weight is 306 g/mol. The summed E-state index contributed by atoms with van der Waals surface area (Å²) in [5.41, 5.74) is 2.93. The fraction of sp³-hybridized carbons (Fsp3) is 0.250. The Kier molecular flexibility index (Phi) is 3.10. The number of rotatable bonds is 4. The summed E-state index contributed by atoms with van der Waals surface area (Å²) in [5, 5.41) is 9.10. The molecular weight excluding hydrogens is 294 g/mol. The van der Waals surface area contributed by atoms with Gasteiger partial charge in [-0.15, -0.1) is 5.10 Å². The van der Waals surface area contributed by atoms with Crippen LogP contribution < -0.4 is 0 Å². The first-order chi connectivity index (χ1) is 8.85. The number of alkyl halides is 1. The third-order valence-corrected chi connectivity index (χ3v) is 3.07. The van der Waals surface area contributed by atoms with E-state index in [0.29, 0.717) is 6.54 Å². The number of imidazole rings is 1. The van der Waals surface area contributed by atoms with Gasteiger partial charge in [0, 0.05) is 30.3 Å². The topological polar surface area (TPSA) is 48.0 Å². The average Bonchev–Trinajstić information content (AvgIpc) is 2.96. The second kappa shape index (κ2) is 4.89. The largest absolute Gasteiger partial charge is 0.307 e. The third kappa shape index (κ3) is 2.28. The lowest BCUT2D eigenvalue weighted by molar-refractivity contribution is 0.640. The number of fused-ring (bicyclic) bond motifs is 1. The molecule has 0 unspecified atom stereocenters. The van der Waals surface area contributed by atoms with Crippen LogP contribution in [0.5, 0.6) is 0 Å². The molecule has 0 aliphatic heterocycles. The van der Waals surface area contributed by atoms with Crippen molar-refractivity contribution < 1.29 is 0 Å². The van der Waals surface area contributed by atoms with Gasteiger partial charge in [0.05, 0.1) is 17.9 Å². The molecule has 6 heteroatoms. The predicted molar refractivity (Wildman–Crippen MR) is 71.8 cm³/mol. The van der Waals surface area contributed by atoms with E-state index in [1.54, 1.807) is 0 Å². The highest BCUT2D eigenvalue weighted by Crippen LogP contribution is 2.06. The van der Waals surface area contributed by atoms with Crippen LogP contribution in [0.1, 0.15) is 11.4 Å². The van der Waals surface area contributed by atoms with E-state index < -0.39 is 0 Å². The Labute approximate surface area is 113 Å². The minimum absolute atomic E-state index is 0.650. The summed E-state index contributed by atoms with van der Waals surface area (Å²) >= 11 is 3.39.